The summed E-state index contributed by atoms with van der Waals surface area (Å²) in [5.41, 5.74) is 1.44. The highest BCUT2D eigenvalue weighted by Crippen LogP contribution is 2.00. The second-order valence-electron chi connectivity index (χ2n) is 3.24. The molecule has 0 aliphatic carbocycles. The lowest BCUT2D eigenvalue weighted by Crippen LogP contribution is -1.78. The predicted molar refractivity (Wildman–Crippen MR) is 68.1 cm³/mol. The summed E-state index contributed by atoms with van der Waals surface area (Å²) in [7, 11) is 0.500. The molecule has 1 aromatic rings. The number of halogens is 1. The third kappa shape index (κ3) is 13.2. The number of aryl methyl sites for hydroxylation is 1. The zero-order valence-electron chi connectivity index (χ0n) is 10.6. The van der Waals surface area contributed by atoms with E-state index in [4.69, 9.17) is 0 Å². The maximum atomic E-state index is 9.50. The van der Waals surface area contributed by atoms with Crippen molar-refractivity contribution < 1.29 is 4.39 Å². The Morgan fingerprint density at radius 1 is 0.800 bits per heavy atom. The molecule has 15 heavy (non-hydrogen) atoms. The van der Waals surface area contributed by atoms with Gasteiger partial charge in [-0.15, -0.1) is 0 Å². The van der Waals surface area contributed by atoms with Crippen molar-refractivity contribution in [3.63, 3.8) is 0 Å². The molecule has 88 valence electrons. The lowest BCUT2D eigenvalue weighted by Gasteiger charge is -1.93. The summed E-state index contributed by atoms with van der Waals surface area (Å²) >= 11 is 0. The summed E-state index contributed by atoms with van der Waals surface area (Å²) < 4.78 is 9.50. The van der Waals surface area contributed by atoms with Gasteiger partial charge in [0, 0.05) is 0 Å². The van der Waals surface area contributed by atoms with Crippen LogP contribution in [-0.4, -0.2) is 7.18 Å². The summed E-state index contributed by atoms with van der Waals surface area (Å²) in [6.45, 7) is 6.56. The van der Waals surface area contributed by atoms with Crippen LogP contribution in [0.15, 0.2) is 30.3 Å². The average molecular weight is 212 g/mol. The van der Waals surface area contributed by atoms with Crippen LogP contribution in [0.5, 0.6) is 0 Å². The van der Waals surface area contributed by atoms with E-state index in [1.54, 1.807) is 0 Å². The van der Waals surface area contributed by atoms with Crippen LogP contribution >= 0.6 is 0 Å². The SMILES string of the molecule is CCCC.CCCc1ccccc1.CF. The Balaban J connectivity index is 0. The fourth-order valence-corrected chi connectivity index (χ4v) is 0.933. The van der Waals surface area contributed by atoms with Crippen molar-refractivity contribution >= 4 is 0 Å². The first kappa shape index (κ1) is 16.6. The molecule has 1 aromatic carbocycles. The summed E-state index contributed by atoms with van der Waals surface area (Å²) in [6, 6.07) is 10.6. The van der Waals surface area contributed by atoms with E-state index in [9.17, 15) is 4.39 Å². The standard InChI is InChI=1S/C9H12.C4H10.CH3F/c1-2-6-9-7-4-3-5-8-9;1-3-4-2;1-2/h3-5,7-8H,2,6H2,1H3;3-4H2,1-2H3;1H3. The molecule has 0 saturated heterocycles. The van der Waals surface area contributed by atoms with Crippen LogP contribution in [-0.2, 0) is 6.42 Å². The zero-order valence-corrected chi connectivity index (χ0v) is 10.6. The monoisotopic (exact) mass is 212 g/mol. The number of hydrogen-bond donors (Lipinski definition) is 0. The average Bonchev–Trinajstić information content (AvgIpc) is 2.34. The van der Waals surface area contributed by atoms with Crippen molar-refractivity contribution in [3.05, 3.63) is 35.9 Å². The molecule has 0 spiro atoms. The molecule has 0 saturated carbocycles. The molecule has 0 amide bonds. The van der Waals surface area contributed by atoms with E-state index in [0.29, 0.717) is 7.18 Å². The third-order valence-electron chi connectivity index (χ3n) is 1.88. The van der Waals surface area contributed by atoms with Crippen LogP contribution < -0.4 is 0 Å². The van der Waals surface area contributed by atoms with Gasteiger partial charge in [-0.3, -0.25) is 4.39 Å². The van der Waals surface area contributed by atoms with Crippen LogP contribution in [0.2, 0.25) is 0 Å². The van der Waals surface area contributed by atoms with Gasteiger partial charge in [-0.1, -0.05) is 70.4 Å². The highest BCUT2D eigenvalue weighted by atomic mass is 19.1. The van der Waals surface area contributed by atoms with Gasteiger partial charge in [0.1, 0.15) is 0 Å². The van der Waals surface area contributed by atoms with E-state index in [1.165, 1.54) is 31.2 Å². The molecule has 0 N–H and O–H groups in total. The molecule has 1 heteroatoms. The number of alkyl halides is 1. The van der Waals surface area contributed by atoms with Crippen molar-refractivity contribution in [2.24, 2.45) is 0 Å². The summed E-state index contributed by atoms with van der Waals surface area (Å²) in [6.07, 6.45) is 5.09. The quantitative estimate of drug-likeness (QED) is 0.659. The fourth-order valence-electron chi connectivity index (χ4n) is 0.933. The van der Waals surface area contributed by atoms with E-state index in [0.717, 1.165) is 0 Å². The van der Waals surface area contributed by atoms with E-state index >= 15 is 0 Å². The Labute approximate surface area is 94.5 Å². The first-order chi connectivity index (χ1) is 7.35. The van der Waals surface area contributed by atoms with Gasteiger partial charge in [0.05, 0.1) is 7.18 Å². The van der Waals surface area contributed by atoms with E-state index < -0.39 is 0 Å². The van der Waals surface area contributed by atoms with Crippen LogP contribution in [0.1, 0.15) is 45.6 Å². The van der Waals surface area contributed by atoms with Crippen molar-refractivity contribution in [2.75, 3.05) is 7.18 Å². The maximum absolute atomic E-state index is 9.50. The Kier molecular flexibility index (Phi) is 17.3. The van der Waals surface area contributed by atoms with Crippen LogP contribution in [0.25, 0.3) is 0 Å². The third-order valence-corrected chi connectivity index (χ3v) is 1.88. The van der Waals surface area contributed by atoms with Gasteiger partial charge < -0.3 is 0 Å². The van der Waals surface area contributed by atoms with Gasteiger partial charge in [0.25, 0.3) is 0 Å². The lowest BCUT2D eigenvalue weighted by atomic mass is 10.1. The number of hydrogen-bond acceptors (Lipinski definition) is 0. The zero-order chi connectivity index (χ0) is 11.9. The first-order valence-corrected chi connectivity index (χ1v) is 5.76. The van der Waals surface area contributed by atoms with Crippen molar-refractivity contribution in [3.8, 4) is 0 Å². The summed E-state index contributed by atoms with van der Waals surface area (Å²) in [5, 5.41) is 0. The molecule has 0 fully saturated rings. The van der Waals surface area contributed by atoms with Crippen LogP contribution in [0.4, 0.5) is 4.39 Å². The normalized spacial score (nSPS) is 8.07. The molecular formula is C14H25F. The van der Waals surface area contributed by atoms with Crippen LogP contribution in [0, 0.1) is 0 Å². The molecule has 1 rings (SSSR count). The Bertz CT molecular complexity index is 180. The van der Waals surface area contributed by atoms with Gasteiger partial charge in [-0.05, 0) is 12.0 Å². The highest BCUT2D eigenvalue weighted by Gasteiger charge is 1.84. The predicted octanol–water partition coefficient (Wildman–Crippen LogP) is 5.03. The number of benzene rings is 1. The second kappa shape index (κ2) is 15.6. The molecule has 0 aromatic heterocycles. The molecule has 0 atom stereocenters. The molecule has 0 unspecified atom stereocenters. The lowest BCUT2D eigenvalue weighted by molar-refractivity contribution is 0.636. The van der Waals surface area contributed by atoms with E-state index in [-0.39, 0.29) is 0 Å². The minimum absolute atomic E-state index is 0.500. The minimum atomic E-state index is 0.500. The maximum Gasteiger partial charge on any atom is 0.0785 e. The Morgan fingerprint density at radius 3 is 1.60 bits per heavy atom. The summed E-state index contributed by atoms with van der Waals surface area (Å²) in [5.74, 6) is 0. The smallest absolute Gasteiger partial charge is 0.0785 e. The second-order valence-corrected chi connectivity index (χ2v) is 3.24. The molecule has 0 radical (unpaired) electrons. The van der Waals surface area contributed by atoms with Gasteiger partial charge in [-0.2, -0.15) is 0 Å². The van der Waals surface area contributed by atoms with E-state index in [2.05, 4.69) is 51.1 Å². The Morgan fingerprint density at radius 2 is 1.27 bits per heavy atom. The highest BCUT2D eigenvalue weighted by molar-refractivity contribution is 5.14. The van der Waals surface area contributed by atoms with Crippen LogP contribution in [0.3, 0.4) is 0 Å². The molecule has 0 heterocycles. The van der Waals surface area contributed by atoms with Gasteiger partial charge in [0.15, 0.2) is 0 Å². The van der Waals surface area contributed by atoms with Gasteiger partial charge in [0.2, 0.25) is 0 Å². The van der Waals surface area contributed by atoms with Gasteiger partial charge in [-0.25, -0.2) is 0 Å². The van der Waals surface area contributed by atoms with E-state index in [1.807, 2.05) is 0 Å². The molecule has 0 bridgehead atoms. The Hall–Kier alpha value is -0.850. The summed E-state index contributed by atoms with van der Waals surface area (Å²) in [4.78, 5) is 0. The molecule has 0 nitrogen and oxygen atoms in total. The van der Waals surface area contributed by atoms with Crippen molar-refractivity contribution in [1.29, 1.82) is 0 Å². The minimum Gasteiger partial charge on any atom is -0.255 e. The number of rotatable bonds is 3. The van der Waals surface area contributed by atoms with Crippen molar-refractivity contribution in [1.82, 2.24) is 0 Å². The molecular weight excluding hydrogens is 187 g/mol. The largest absolute Gasteiger partial charge is 0.255 e. The van der Waals surface area contributed by atoms with Crippen molar-refractivity contribution in [2.45, 2.75) is 46.5 Å². The number of unbranched alkanes of at least 4 members (excludes halogenated alkanes) is 1. The molecule has 0 aliphatic heterocycles. The topological polar surface area (TPSA) is 0 Å². The first-order valence-electron chi connectivity index (χ1n) is 5.76. The fraction of sp³-hybridized carbons (Fsp3) is 0.571. The van der Waals surface area contributed by atoms with Gasteiger partial charge >= 0.3 is 0 Å². The molecule has 0 aliphatic rings.